The molecule has 0 fully saturated rings. The van der Waals surface area contributed by atoms with Gasteiger partial charge in [0.15, 0.2) is 0 Å². The molecular formula is C17H27NO3. The van der Waals surface area contributed by atoms with Crippen molar-refractivity contribution in [2.45, 2.75) is 65.6 Å². The minimum Gasteiger partial charge on any atom is -0.371 e. The molecule has 0 aliphatic rings. The molecule has 0 heterocycles. The molecule has 1 aromatic rings. The largest absolute Gasteiger partial charge is 0.371 e. The number of hydrogen-bond donors (Lipinski definition) is 0. The summed E-state index contributed by atoms with van der Waals surface area (Å²) in [6.07, 6.45) is 4.41. The van der Waals surface area contributed by atoms with E-state index in [4.69, 9.17) is 4.74 Å². The quantitative estimate of drug-likeness (QED) is 0.470. The van der Waals surface area contributed by atoms with Gasteiger partial charge < -0.3 is 4.74 Å². The summed E-state index contributed by atoms with van der Waals surface area (Å²) in [4.78, 5) is 10.2. The highest BCUT2D eigenvalue weighted by molar-refractivity contribution is 5.32. The van der Waals surface area contributed by atoms with E-state index in [1.165, 1.54) is 25.0 Å². The second kappa shape index (κ2) is 8.13. The van der Waals surface area contributed by atoms with Gasteiger partial charge in [-0.3, -0.25) is 10.1 Å². The van der Waals surface area contributed by atoms with Crippen molar-refractivity contribution in [3.8, 4) is 0 Å². The lowest BCUT2D eigenvalue weighted by molar-refractivity contribution is -0.384. The van der Waals surface area contributed by atoms with Crippen LogP contribution in [0.5, 0.6) is 0 Å². The van der Waals surface area contributed by atoms with E-state index >= 15 is 0 Å². The third-order valence-corrected chi connectivity index (χ3v) is 3.97. The number of ether oxygens (including phenoxy) is 1. The summed E-state index contributed by atoms with van der Waals surface area (Å²) >= 11 is 0. The maximum Gasteiger partial charge on any atom is 0.269 e. The van der Waals surface area contributed by atoms with Gasteiger partial charge in [-0.05, 0) is 43.4 Å². The zero-order valence-corrected chi connectivity index (χ0v) is 13.6. The van der Waals surface area contributed by atoms with E-state index in [0.717, 1.165) is 24.3 Å². The average Bonchev–Trinajstić information content (AvgIpc) is 2.45. The normalized spacial score (nSPS) is 14.1. The van der Waals surface area contributed by atoms with Gasteiger partial charge in [-0.15, -0.1) is 0 Å². The van der Waals surface area contributed by atoms with Crippen LogP contribution in [0.4, 0.5) is 5.69 Å². The minimum absolute atomic E-state index is 0.114. The third-order valence-electron chi connectivity index (χ3n) is 3.97. The van der Waals surface area contributed by atoms with E-state index in [1.807, 2.05) is 0 Å². The van der Waals surface area contributed by atoms with Gasteiger partial charge in [0.1, 0.15) is 0 Å². The Bertz CT molecular complexity index is 442. The van der Waals surface area contributed by atoms with Crippen molar-refractivity contribution in [2.24, 2.45) is 5.92 Å². The number of hydrogen-bond acceptors (Lipinski definition) is 3. The van der Waals surface area contributed by atoms with Gasteiger partial charge in [0.25, 0.3) is 5.69 Å². The van der Waals surface area contributed by atoms with Crippen molar-refractivity contribution in [2.75, 3.05) is 0 Å². The van der Waals surface area contributed by atoms with E-state index in [2.05, 4.69) is 27.7 Å². The standard InChI is InChI=1S/C17H27NO3/c1-5-17(4,12-6-7-14(2)3)21-13-15-8-10-16(11-9-15)18(19)20/h8-11,14H,5-7,12-13H2,1-4H3/t17-/m0/s1. The lowest BCUT2D eigenvalue weighted by Gasteiger charge is -2.29. The van der Waals surface area contributed by atoms with Gasteiger partial charge in [-0.1, -0.05) is 33.6 Å². The molecule has 1 atom stereocenters. The Morgan fingerprint density at radius 2 is 1.90 bits per heavy atom. The number of nitro benzene ring substituents is 1. The second-order valence-corrected chi connectivity index (χ2v) is 6.30. The van der Waals surface area contributed by atoms with Gasteiger partial charge in [-0.2, -0.15) is 0 Å². The van der Waals surface area contributed by atoms with Crippen molar-refractivity contribution in [1.29, 1.82) is 0 Å². The fourth-order valence-corrected chi connectivity index (χ4v) is 2.21. The van der Waals surface area contributed by atoms with Crippen LogP contribution in [0.3, 0.4) is 0 Å². The molecule has 1 aromatic carbocycles. The number of rotatable bonds is 9. The summed E-state index contributed by atoms with van der Waals surface area (Å²) in [6.45, 7) is 9.27. The molecular weight excluding hydrogens is 266 g/mol. The van der Waals surface area contributed by atoms with Crippen LogP contribution in [0.2, 0.25) is 0 Å². The lowest BCUT2D eigenvalue weighted by Crippen LogP contribution is -2.27. The van der Waals surface area contributed by atoms with Crippen LogP contribution >= 0.6 is 0 Å². The summed E-state index contributed by atoms with van der Waals surface area (Å²) < 4.78 is 6.08. The Morgan fingerprint density at radius 3 is 2.38 bits per heavy atom. The Morgan fingerprint density at radius 1 is 1.29 bits per heavy atom. The fraction of sp³-hybridized carbons (Fsp3) is 0.647. The molecule has 0 saturated carbocycles. The summed E-state index contributed by atoms with van der Waals surface area (Å²) in [6, 6.07) is 6.59. The molecule has 4 nitrogen and oxygen atoms in total. The first-order valence-electron chi connectivity index (χ1n) is 7.73. The highest BCUT2D eigenvalue weighted by Crippen LogP contribution is 2.25. The molecule has 1 rings (SSSR count). The molecule has 0 N–H and O–H groups in total. The van der Waals surface area contributed by atoms with Crippen LogP contribution in [0.1, 0.15) is 58.9 Å². The molecule has 0 bridgehead atoms. The van der Waals surface area contributed by atoms with Gasteiger partial charge in [0, 0.05) is 12.1 Å². The molecule has 0 saturated heterocycles. The first-order valence-corrected chi connectivity index (χ1v) is 7.73. The molecule has 0 spiro atoms. The van der Waals surface area contributed by atoms with Gasteiger partial charge in [-0.25, -0.2) is 0 Å². The summed E-state index contributed by atoms with van der Waals surface area (Å²) in [5, 5.41) is 10.6. The maximum atomic E-state index is 10.6. The molecule has 118 valence electrons. The molecule has 0 aliphatic carbocycles. The van der Waals surface area contributed by atoms with Crippen LogP contribution in [0.15, 0.2) is 24.3 Å². The first-order chi connectivity index (χ1) is 9.86. The molecule has 0 unspecified atom stereocenters. The lowest BCUT2D eigenvalue weighted by atomic mass is 9.93. The molecule has 0 radical (unpaired) electrons. The number of non-ortho nitro benzene ring substituents is 1. The highest BCUT2D eigenvalue weighted by Gasteiger charge is 2.22. The van der Waals surface area contributed by atoms with E-state index in [-0.39, 0.29) is 16.2 Å². The van der Waals surface area contributed by atoms with Gasteiger partial charge in [0.2, 0.25) is 0 Å². The van der Waals surface area contributed by atoms with Crippen molar-refractivity contribution in [3.05, 3.63) is 39.9 Å². The maximum absolute atomic E-state index is 10.6. The molecule has 4 heteroatoms. The summed E-state index contributed by atoms with van der Waals surface area (Å²) in [7, 11) is 0. The average molecular weight is 293 g/mol. The van der Waals surface area contributed by atoms with Gasteiger partial charge >= 0.3 is 0 Å². The van der Waals surface area contributed by atoms with E-state index in [9.17, 15) is 10.1 Å². The third kappa shape index (κ3) is 6.25. The van der Waals surface area contributed by atoms with Crippen molar-refractivity contribution in [3.63, 3.8) is 0 Å². The highest BCUT2D eigenvalue weighted by atomic mass is 16.6. The Hall–Kier alpha value is -1.42. The Kier molecular flexibility index (Phi) is 6.82. The van der Waals surface area contributed by atoms with E-state index in [0.29, 0.717) is 6.61 Å². The predicted molar refractivity (Wildman–Crippen MR) is 85.3 cm³/mol. The summed E-state index contributed by atoms with van der Waals surface area (Å²) in [5.74, 6) is 0.723. The smallest absolute Gasteiger partial charge is 0.269 e. The van der Waals surface area contributed by atoms with Gasteiger partial charge in [0.05, 0.1) is 17.1 Å². The van der Waals surface area contributed by atoms with E-state index in [1.54, 1.807) is 12.1 Å². The van der Waals surface area contributed by atoms with Crippen LogP contribution in [-0.2, 0) is 11.3 Å². The predicted octanol–water partition coefficient (Wildman–Crippen LogP) is 5.11. The molecule has 0 aliphatic heterocycles. The SMILES string of the molecule is CC[C@@](C)(CCCC(C)C)OCc1ccc([N+](=O)[O-])cc1. The zero-order chi connectivity index (χ0) is 15.9. The summed E-state index contributed by atoms with van der Waals surface area (Å²) in [5.41, 5.74) is 0.981. The molecule has 0 aromatic heterocycles. The molecule has 21 heavy (non-hydrogen) atoms. The van der Waals surface area contributed by atoms with Crippen LogP contribution in [0, 0.1) is 16.0 Å². The van der Waals surface area contributed by atoms with Crippen LogP contribution in [0.25, 0.3) is 0 Å². The van der Waals surface area contributed by atoms with Crippen LogP contribution in [-0.4, -0.2) is 10.5 Å². The van der Waals surface area contributed by atoms with Crippen LogP contribution < -0.4 is 0 Å². The van der Waals surface area contributed by atoms with E-state index < -0.39 is 0 Å². The number of nitrogens with zero attached hydrogens (tertiary/aromatic N) is 1. The van der Waals surface area contributed by atoms with Crippen molar-refractivity contribution >= 4 is 5.69 Å². The Labute approximate surface area is 127 Å². The minimum atomic E-state index is -0.382. The van der Waals surface area contributed by atoms with Crippen molar-refractivity contribution < 1.29 is 9.66 Å². The fourth-order valence-electron chi connectivity index (χ4n) is 2.21. The molecule has 0 amide bonds. The number of nitro groups is 1. The number of benzene rings is 1. The first kappa shape index (κ1) is 17.6. The second-order valence-electron chi connectivity index (χ2n) is 6.30. The Balaban J connectivity index is 2.51. The topological polar surface area (TPSA) is 52.4 Å². The van der Waals surface area contributed by atoms with Crippen molar-refractivity contribution in [1.82, 2.24) is 0 Å². The monoisotopic (exact) mass is 293 g/mol. The zero-order valence-electron chi connectivity index (χ0n) is 13.6.